The van der Waals surface area contributed by atoms with Crippen molar-refractivity contribution in [2.75, 3.05) is 0 Å². The number of rotatable bonds is 6. The summed E-state index contributed by atoms with van der Waals surface area (Å²) >= 11 is 0. The molecular formula is C21H20F2N2O4S. The van der Waals surface area contributed by atoms with E-state index in [1.165, 1.54) is 24.3 Å². The van der Waals surface area contributed by atoms with Gasteiger partial charge in [0.05, 0.1) is 4.90 Å². The molecule has 1 aliphatic rings. The highest BCUT2D eigenvalue weighted by molar-refractivity contribution is 7.89. The molecule has 1 aromatic heterocycles. The maximum Gasteiger partial charge on any atom is 0.323 e. The van der Waals surface area contributed by atoms with Gasteiger partial charge in [-0.05, 0) is 73.7 Å². The van der Waals surface area contributed by atoms with E-state index >= 15 is 0 Å². The zero-order chi connectivity index (χ0) is 21.6. The maximum atomic E-state index is 13.9. The molecule has 3 aromatic rings. The largest absolute Gasteiger partial charge is 0.480 e. The van der Waals surface area contributed by atoms with Crippen LogP contribution in [0, 0.1) is 18.6 Å². The van der Waals surface area contributed by atoms with Crippen LogP contribution in [-0.2, 0) is 21.4 Å². The summed E-state index contributed by atoms with van der Waals surface area (Å²) < 4.78 is 56.2. The van der Waals surface area contributed by atoms with Gasteiger partial charge in [0.25, 0.3) is 0 Å². The van der Waals surface area contributed by atoms with Crippen molar-refractivity contribution in [1.82, 2.24) is 9.29 Å². The van der Waals surface area contributed by atoms with Crippen LogP contribution >= 0.6 is 0 Å². The van der Waals surface area contributed by atoms with Crippen LogP contribution in [0.4, 0.5) is 8.78 Å². The van der Waals surface area contributed by atoms with Crippen molar-refractivity contribution in [2.24, 2.45) is 0 Å². The molecular weight excluding hydrogens is 414 g/mol. The van der Waals surface area contributed by atoms with Crippen LogP contribution in [0.15, 0.2) is 47.4 Å². The van der Waals surface area contributed by atoms with Crippen molar-refractivity contribution in [3.63, 3.8) is 0 Å². The van der Waals surface area contributed by atoms with Crippen LogP contribution in [0.2, 0.25) is 0 Å². The van der Waals surface area contributed by atoms with Crippen LogP contribution in [0.5, 0.6) is 0 Å². The van der Waals surface area contributed by atoms with E-state index in [4.69, 9.17) is 0 Å². The average Bonchev–Trinajstić information content (AvgIpc) is 2.89. The van der Waals surface area contributed by atoms with Crippen LogP contribution < -0.4 is 4.72 Å². The van der Waals surface area contributed by atoms with E-state index in [1.54, 1.807) is 17.6 Å². The van der Waals surface area contributed by atoms with Crippen molar-refractivity contribution in [3.8, 4) is 0 Å². The fourth-order valence-corrected chi connectivity index (χ4v) is 5.45. The van der Waals surface area contributed by atoms with E-state index in [9.17, 15) is 27.1 Å². The van der Waals surface area contributed by atoms with Gasteiger partial charge < -0.3 is 9.67 Å². The third kappa shape index (κ3) is 3.70. The summed E-state index contributed by atoms with van der Waals surface area (Å²) in [6.45, 7) is 1.56. The van der Waals surface area contributed by atoms with Gasteiger partial charge >= 0.3 is 5.97 Å². The van der Waals surface area contributed by atoms with E-state index < -0.39 is 27.6 Å². The lowest BCUT2D eigenvalue weighted by Crippen LogP contribution is -2.43. The van der Waals surface area contributed by atoms with Crippen molar-refractivity contribution >= 4 is 26.9 Å². The molecule has 0 aliphatic heterocycles. The molecule has 0 spiro atoms. The Balaban J connectivity index is 1.57. The number of hydrogen-bond acceptors (Lipinski definition) is 3. The van der Waals surface area contributed by atoms with Gasteiger partial charge in [-0.25, -0.2) is 21.9 Å². The van der Waals surface area contributed by atoms with Crippen LogP contribution in [0.25, 0.3) is 10.9 Å². The Morgan fingerprint density at radius 2 is 1.77 bits per heavy atom. The molecule has 4 rings (SSSR count). The highest BCUT2D eigenvalue weighted by Crippen LogP contribution is 2.43. The molecule has 0 unspecified atom stereocenters. The number of aliphatic carboxylic acids is 1. The predicted molar refractivity (Wildman–Crippen MR) is 107 cm³/mol. The van der Waals surface area contributed by atoms with Gasteiger partial charge in [-0.15, -0.1) is 0 Å². The van der Waals surface area contributed by atoms with Gasteiger partial charge in [-0.1, -0.05) is 0 Å². The number of benzene rings is 2. The topological polar surface area (TPSA) is 88.4 Å². The van der Waals surface area contributed by atoms with Gasteiger partial charge in [-0.2, -0.15) is 0 Å². The summed E-state index contributed by atoms with van der Waals surface area (Å²) in [5, 5.41) is 9.88. The number of hydrogen-bond donors (Lipinski definition) is 2. The summed E-state index contributed by atoms with van der Waals surface area (Å²) in [6, 6.07) is 8.55. The van der Waals surface area contributed by atoms with Crippen molar-refractivity contribution in [2.45, 2.75) is 43.2 Å². The molecule has 0 amide bonds. The molecule has 6 nitrogen and oxygen atoms in total. The maximum absolute atomic E-state index is 13.9. The standard InChI is InChI=1S/C21H20F2N2O4S/c1-12-21(18-10-15(23)4-7-19(18)25(12)11-20(26)27)13-8-16(9-13)24-30(28,29)17-5-2-14(22)3-6-17/h2-7,10,13,16,24H,8-9,11H2,1H3,(H,26,27). The summed E-state index contributed by atoms with van der Waals surface area (Å²) in [5.74, 6) is -1.95. The van der Waals surface area contributed by atoms with Crippen molar-refractivity contribution < 1.29 is 27.1 Å². The van der Waals surface area contributed by atoms with E-state index in [0.29, 0.717) is 23.7 Å². The molecule has 30 heavy (non-hydrogen) atoms. The fraction of sp³-hybridized carbons (Fsp3) is 0.286. The zero-order valence-corrected chi connectivity index (χ0v) is 16.9. The first-order chi connectivity index (χ1) is 14.2. The lowest BCUT2D eigenvalue weighted by Gasteiger charge is -2.36. The van der Waals surface area contributed by atoms with E-state index in [-0.39, 0.29) is 23.4 Å². The molecule has 0 bridgehead atoms. The molecule has 1 aliphatic carbocycles. The molecule has 1 saturated carbocycles. The smallest absolute Gasteiger partial charge is 0.323 e. The Morgan fingerprint density at radius 1 is 1.13 bits per heavy atom. The first kappa shape index (κ1) is 20.5. The normalized spacial score (nSPS) is 19.0. The second-order valence-electron chi connectivity index (χ2n) is 7.58. The lowest BCUT2D eigenvalue weighted by molar-refractivity contribution is -0.137. The molecule has 0 saturated heterocycles. The molecule has 0 radical (unpaired) electrons. The van der Waals surface area contributed by atoms with E-state index in [2.05, 4.69) is 4.72 Å². The third-order valence-corrected chi connectivity index (χ3v) is 7.16. The summed E-state index contributed by atoms with van der Waals surface area (Å²) in [7, 11) is -3.77. The Hall–Kier alpha value is -2.78. The Morgan fingerprint density at radius 3 is 2.40 bits per heavy atom. The summed E-state index contributed by atoms with van der Waals surface area (Å²) in [5.41, 5.74) is 2.23. The van der Waals surface area contributed by atoms with Gasteiger partial charge in [-0.3, -0.25) is 4.79 Å². The number of halogens is 2. The minimum absolute atomic E-state index is 0.0105. The monoisotopic (exact) mass is 434 g/mol. The molecule has 158 valence electrons. The fourth-order valence-electron chi connectivity index (χ4n) is 4.19. The van der Waals surface area contributed by atoms with Crippen LogP contribution in [-0.4, -0.2) is 30.1 Å². The van der Waals surface area contributed by atoms with Gasteiger partial charge in [0.15, 0.2) is 0 Å². The number of aromatic nitrogens is 1. The van der Waals surface area contributed by atoms with Crippen molar-refractivity contribution in [1.29, 1.82) is 0 Å². The Kier molecular flexibility index (Phi) is 5.11. The number of nitrogens with zero attached hydrogens (tertiary/aromatic N) is 1. The van der Waals surface area contributed by atoms with Gasteiger partial charge in [0, 0.05) is 22.6 Å². The minimum Gasteiger partial charge on any atom is -0.480 e. The molecule has 1 fully saturated rings. The van der Waals surface area contributed by atoms with Crippen molar-refractivity contribution in [3.05, 3.63) is 65.4 Å². The number of sulfonamides is 1. The predicted octanol–water partition coefficient (Wildman–Crippen LogP) is 3.54. The second kappa shape index (κ2) is 7.48. The highest BCUT2D eigenvalue weighted by Gasteiger charge is 2.36. The van der Waals surface area contributed by atoms with E-state index in [0.717, 1.165) is 23.4 Å². The number of carbonyl (C=O) groups is 1. The highest BCUT2D eigenvalue weighted by atomic mass is 32.2. The SMILES string of the molecule is Cc1c(C2CC(NS(=O)(=O)c3ccc(F)cc3)C2)c2cc(F)ccc2n1CC(=O)O. The second-order valence-corrected chi connectivity index (χ2v) is 9.29. The first-order valence-electron chi connectivity index (χ1n) is 9.43. The summed E-state index contributed by atoms with van der Waals surface area (Å²) in [4.78, 5) is 11.3. The molecule has 2 aromatic carbocycles. The minimum atomic E-state index is -3.77. The lowest BCUT2D eigenvalue weighted by atomic mass is 9.75. The number of fused-ring (bicyclic) bond motifs is 1. The van der Waals surface area contributed by atoms with Crippen LogP contribution in [0.1, 0.15) is 30.0 Å². The number of carboxylic acids is 1. The average molecular weight is 434 g/mol. The van der Waals surface area contributed by atoms with E-state index in [1.807, 2.05) is 0 Å². The zero-order valence-electron chi connectivity index (χ0n) is 16.1. The molecule has 9 heteroatoms. The van der Waals surface area contributed by atoms with Gasteiger partial charge in [0.1, 0.15) is 18.2 Å². The van der Waals surface area contributed by atoms with Gasteiger partial charge in [0.2, 0.25) is 10.0 Å². The summed E-state index contributed by atoms with van der Waals surface area (Å²) in [6.07, 6.45) is 1.01. The Labute approximate surface area is 172 Å². The molecule has 2 N–H and O–H groups in total. The molecule has 1 heterocycles. The first-order valence-corrected chi connectivity index (χ1v) is 10.9. The van der Waals surface area contributed by atoms with Crippen LogP contribution in [0.3, 0.4) is 0 Å². The quantitative estimate of drug-likeness (QED) is 0.621. The molecule has 0 atom stereocenters. The number of carboxylic acid groups (broad SMARTS) is 1. The third-order valence-electron chi connectivity index (χ3n) is 5.62. The number of nitrogens with one attached hydrogen (secondary N) is 1. The Bertz CT molecular complexity index is 1230.